The monoisotopic (exact) mass is 501 g/mol. The van der Waals surface area contributed by atoms with E-state index in [4.69, 9.17) is 0 Å². The zero-order valence-corrected chi connectivity index (χ0v) is 20.8. The van der Waals surface area contributed by atoms with Crippen LogP contribution in [0.25, 0.3) is 15.3 Å². The molecule has 5 heterocycles. The molecule has 0 atom stereocenters. The maximum atomic E-state index is 13.1. The average Bonchev–Trinajstić information content (AvgIpc) is 3.18. The highest BCUT2D eigenvalue weighted by Gasteiger charge is 2.47. The summed E-state index contributed by atoms with van der Waals surface area (Å²) in [5.74, 6) is -0.481. The van der Waals surface area contributed by atoms with Crippen LogP contribution in [0.4, 0.5) is 5.69 Å². The summed E-state index contributed by atoms with van der Waals surface area (Å²) in [6.07, 6.45) is 12.5. The molecule has 1 spiro atoms. The summed E-state index contributed by atoms with van der Waals surface area (Å²) >= 11 is 1.49. The number of amides is 2. The average molecular weight is 502 g/mol. The van der Waals surface area contributed by atoms with Crippen LogP contribution in [0.15, 0.2) is 49.2 Å². The first kappa shape index (κ1) is 22.8. The standard InChI is InChI=1S/C26H27N7O2S/c1-17-21(12-19(13-29-17)23(34)28-9-11-32-10-6-26(16-32)4-5-26)31-24(35)20-14-30-33-15-22(36-25(20)33)18-2-7-27-8-3-18/h2-3,7-8,12-15H,4-6,9-11,16H2,1H3,(H,28,34)(H,31,35). The van der Waals surface area contributed by atoms with Gasteiger partial charge in [-0.25, -0.2) is 4.52 Å². The lowest BCUT2D eigenvalue weighted by Crippen LogP contribution is -2.34. The smallest absolute Gasteiger partial charge is 0.260 e. The van der Waals surface area contributed by atoms with Crippen LogP contribution in [0.1, 0.15) is 45.7 Å². The van der Waals surface area contributed by atoms with Gasteiger partial charge in [0.15, 0.2) is 0 Å². The molecule has 0 bridgehead atoms. The minimum Gasteiger partial charge on any atom is -0.351 e. The third-order valence-corrected chi connectivity index (χ3v) is 8.35. The van der Waals surface area contributed by atoms with E-state index in [1.807, 2.05) is 18.3 Å². The summed E-state index contributed by atoms with van der Waals surface area (Å²) in [6, 6.07) is 5.53. The summed E-state index contributed by atoms with van der Waals surface area (Å²) < 4.78 is 1.70. The van der Waals surface area contributed by atoms with Crippen LogP contribution < -0.4 is 10.6 Å². The largest absolute Gasteiger partial charge is 0.351 e. The molecule has 0 unspecified atom stereocenters. The molecule has 0 radical (unpaired) electrons. The Kier molecular flexibility index (Phi) is 5.77. The molecular weight excluding hydrogens is 474 g/mol. The fourth-order valence-electron chi connectivity index (χ4n) is 4.80. The first-order chi connectivity index (χ1) is 17.5. The maximum absolute atomic E-state index is 13.1. The van der Waals surface area contributed by atoms with E-state index < -0.39 is 0 Å². The van der Waals surface area contributed by atoms with Crippen LogP contribution in [0.5, 0.6) is 0 Å². The topological polar surface area (TPSA) is 105 Å². The van der Waals surface area contributed by atoms with E-state index in [1.54, 1.807) is 42.3 Å². The molecule has 10 heteroatoms. The van der Waals surface area contributed by atoms with Crippen molar-refractivity contribution < 1.29 is 9.59 Å². The van der Waals surface area contributed by atoms with Gasteiger partial charge in [0.05, 0.1) is 33.6 Å². The van der Waals surface area contributed by atoms with Gasteiger partial charge < -0.3 is 15.5 Å². The quantitative estimate of drug-likeness (QED) is 0.401. The highest BCUT2D eigenvalue weighted by molar-refractivity contribution is 7.21. The molecule has 2 N–H and O–H groups in total. The zero-order valence-electron chi connectivity index (χ0n) is 20.0. The summed E-state index contributed by atoms with van der Waals surface area (Å²) in [5, 5.41) is 10.3. The number of pyridine rings is 2. The first-order valence-electron chi connectivity index (χ1n) is 12.2. The number of hydrogen-bond donors (Lipinski definition) is 2. The molecule has 1 saturated heterocycles. The molecule has 4 aromatic heterocycles. The molecule has 1 aliphatic heterocycles. The minimum atomic E-state index is -0.293. The number of carbonyl (C=O) groups excluding carboxylic acids is 2. The minimum absolute atomic E-state index is 0.188. The molecule has 6 rings (SSSR count). The predicted molar refractivity (Wildman–Crippen MR) is 138 cm³/mol. The van der Waals surface area contributed by atoms with Crippen LogP contribution in [0.3, 0.4) is 0 Å². The van der Waals surface area contributed by atoms with Gasteiger partial charge in [0.2, 0.25) is 0 Å². The Morgan fingerprint density at radius 1 is 1.14 bits per heavy atom. The van der Waals surface area contributed by atoms with Gasteiger partial charge in [-0.1, -0.05) is 0 Å². The van der Waals surface area contributed by atoms with E-state index >= 15 is 0 Å². The fraction of sp³-hybridized carbons (Fsp3) is 0.346. The number of thiazole rings is 1. The van der Waals surface area contributed by atoms with Crippen molar-refractivity contribution in [3.8, 4) is 10.4 Å². The van der Waals surface area contributed by atoms with Crippen molar-refractivity contribution in [1.82, 2.24) is 29.8 Å². The number of aromatic nitrogens is 4. The van der Waals surface area contributed by atoms with Gasteiger partial charge in [-0.05, 0) is 61.9 Å². The SMILES string of the molecule is Cc1ncc(C(=O)NCCN2CCC3(CC3)C2)cc1NC(=O)c1cnn2cc(-c3ccncc3)sc12. The lowest BCUT2D eigenvalue weighted by atomic mass is 10.1. The Bertz CT molecular complexity index is 1440. The molecule has 2 aliphatic rings. The number of hydrogen-bond acceptors (Lipinski definition) is 7. The lowest BCUT2D eigenvalue weighted by Gasteiger charge is -2.16. The maximum Gasteiger partial charge on any atom is 0.260 e. The van der Waals surface area contributed by atoms with Crippen LogP contribution in [-0.2, 0) is 0 Å². The number of rotatable bonds is 7. The van der Waals surface area contributed by atoms with Gasteiger partial charge in [0, 0.05) is 44.4 Å². The second-order valence-corrected chi connectivity index (χ2v) is 10.8. The fourth-order valence-corrected chi connectivity index (χ4v) is 5.86. The van der Waals surface area contributed by atoms with E-state index in [2.05, 4.69) is 30.6 Å². The predicted octanol–water partition coefficient (Wildman–Crippen LogP) is 3.63. The van der Waals surface area contributed by atoms with Crippen LogP contribution in [-0.4, -0.2) is 62.5 Å². The van der Waals surface area contributed by atoms with E-state index in [-0.39, 0.29) is 11.8 Å². The van der Waals surface area contributed by atoms with Crippen molar-refractivity contribution in [3.05, 3.63) is 66.0 Å². The molecular formula is C26H27N7O2S. The van der Waals surface area contributed by atoms with E-state index in [0.29, 0.717) is 34.5 Å². The van der Waals surface area contributed by atoms with Crippen molar-refractivity contribution in [1.29, 1.82) is 0 Å². The third-order valence-electron chi connectivity index (χ3n) is 7.19. The van der Waals surface area contributed by atoms with Crippen molar-refractivity contribution in [2.24, 2.45) is 5.41 Å². The van der Waals surface area contributed by atoms with Crippen LogP contribution in [0, 0.1) is 12.3 Å². The van der Waals surface area contributed by atoms with Crippen molar-refractivity contribution in [2.75, 3.05) is 31.5 Å². The number of aryl methyl sites for hydroxylation is 1. The normalized spacial score (nSPS) is 16.5. The van der Waals surface area contributed by atoms with Crippen molar-refractivity contribution in [3.63, 3.8) is 0 Å². The number of carbonyl (C=O) groups is 2. The molecule has 2 amide bonds. The van der Waals surface area contributed by atoms with E-state index in [0.717, 1.165) is 34.9 Å². The molecule has 36 heavy (non-hydrogen) atoms. The van der Waals surface area contributed by atoms with Gasteiger partial charge in [-0.2, -0.15) is 5.10 Å². The number of nitrogens with one attached hydrogen (secondary N) is 2. The zero-order chi connectivity index (χ0) is 24.7. The Balaban J connectivity index is 1.12. The number of nitrogens with zero attached hydrogens (tertiary/aromatic N) is 5. The number of fused-ring (bicyclic) bond motifs is 1. The third kappa shape index (κ3) is 4.49. The second kappa shape index (κ2) is 9.11. The molecule has 2 fully saturated rings. The van der Waals surface area contributed by atoms with Crippen molar-refractivity contribution >= 4 is 33.7 Å². The Labute approximate surface area is 212 Å². The molecule has 184 valence electrons. The van der Waals surface area contributed by atoms with Gasteiger partial charge in [-0.15, -0.1) is 11.3 Å². The summed E-state index contributed by atoms with van der Waals surface area (Å²) in [4.78, 5) is 38.5. The van der Waals surface area contributed by atoms with Gasteiger partial charge in [-0.3, -0.25) is 19.6 Å². The van der Waals surface area contributed by atoms with E-state index in [9.17, 15) is 9.59 Å². The molecule has 4 aromatic rings. The highest BCUT2D eigenvalue weighted by atomic mass is 32.1. The Hall–Kier alpha value is -3.63. The molecule has 1 aliphatic carbocycles. The number of likely N-dealkylation sites (tertiary alicyclic amines) is 1. The first-order valence-corrected chi connectivity index (χ1v) is 13.0. The van der Waals surface area contributed by atoms with Crippen molar-refractivity contribution in [2.45, 2.75) is 26.2 Å². The van der Waals surface area contributed by atoms with E-state index in [1.165, 1.54) is 30.6 Å². The summed E-state index contributed by atoms with van der Waals surface area (Å²) in [7, 11) is 0. The lowest BCUT2D eigenvalue weighted by molar-refractivity contribution is 0.0947. The Morgan fingerprint density at radius 3 is 2.75 bits per heavy atom. The van der Waals surface area contributed by atoms with Gasteiger partial charge in [0.25, 0.3) is 11.8 Å². The molecule has 1 saturated carbocycles. The van der Waals surface area contributed by atoms with Crippen LogP contribution >= 0.6 is 11.3 Å². The second-order valence-electron chi connectivity index (χ2n) is 9.73. The highest BCUT2D eigenvalue weighted by Crippen LogP contribution is 2.52. The van der Waals surface area contributed by atoms with Crippen LogP contribution in [0.2, 0.25) is 0 Å². The number of anilines is 1. The Morgan fingerprint density at radius 2 is 1.97 bits per heavy atom. The van der Waals surface area contributed by atoms with Gasteiger partial charge in [0.1, 0.15) is 4.83 Å². The summed E-state index contributed by atoms with van der Waals surface area (Å²) in [5.41, 5.74) is 3.64. The molecule has 0 aromatic carbocycles. The molecule has 9 nitrogen and oxygen atoms in total. The summed E-state index contributed by atoms with van der Waals surface area (Å²) in [6.45, 7) is 5.53. The van der Waals surface area contributed by atoms with Gasteiger partial charge >= 0.3 is 0 Å².